The Morgan fingerprint density at radius 3 is 2.32 bits per heavy atom. The van der Waals surface area contributed by atoms with Crippen molar-refractivity contribution >= 4 is 23.6 Å². The van der Waals surface area contributed by atoms with Crippen LogP contribution in [0.4, 0.5) is 10.5 Å². The molecule has 0 bridgehead atoms. The zero-order chi connectivity index (χ0) is 27.5. The summed E-state index contributed by atoms with van der Waals surface area (Å²) in [6, 6.07) is 13.1. The minimum atomic E-state index is -0.685. The number of carbonyl (C=O) groups excluding carboxylic acids is 3. The average Bonchev–Trinajstić information content (AvgIpc) is 2.91. The SMILES string of the molecule is CCCCOc1ccc(C(=O)Nc2ccc([C@@H]3NC(=O)N(CCC)C(C)=C3C(=O)OCCOC)cc2)cc1. The Hall–Kier alpha value is -3.85. The standard InChI is InChI=1S/C29H37N3O6/c1-5-7-17-37-24-14-10-22(11-15-24)27(33)30-23-12-8-21(9-13-23)26-25(28(34)38-19-18-36-4)20(3)32(16-6-2)29(35)31-26/h8-15,26H,5-7,16-19H2,1-4H3,(H,30,33)(H,31,35)/t26-/m0/s1. The first-order chi connectivity index (χ1) is 18.4. The number of amides is 3. The molecular formula is C29H37N3O6. The van der Waals surface area contributed by atoms with Crippen molar-refractivity contribution in [2.45, 2.75) is 46.1 Å². The van der Waals surface area contributed by atoms with Gasteiger partial charge in [0.1, 0.15) is 12.4 Å². The van der Waals surface area contributed by atoms with Crippen LogP contribution < -0.4 is 15.4 Å². The number of allylic oxidation sites excluding steroid dienone is 1. The number of hydrogen-bond acceptors (Lipinski definition) is 6. The summed E-state index contributed by atoms with van der Waals surface area (Å²) in [5.74, 6) is -0.0337. The molecule has 2 N–H and O–H groups in total. The summed E-state index contributed by atoms with van der Waals surface area (Å²) < 4.78 is 16.0. The van der Waals surface area contributed by atoms with Crippen molar-refractivity contribution in [1.82, 2.24) is 10.2 Å². The maximum Gasteiger partial charge on any atom is 0.338 e. The number of anilines is 1. The molecule has 3 rings (SSSR count). The molecule has 0 aliphatic carbocycles. The molecule has 0 aromatic heterocycles. The number of nitrogens with one attached hydrogen (secondary N) is 2. The minimum absolute atomic E-state index is 0.109. The molecule has 1 aliphatic heterocycles. The third-order valence-electron chi connectivity index (χ3n) is 6.17. The maximum atomic E-state index is 13.0. The molecule has 0 fully saturated rings. The van der Waals surface area contributed by atoms with Gasteiger partial charge in [-0.1, -0.05) is 32.4 Å². The maximum absolute atomic E-state index is 13.0. The van der Waals surface area contributed by atoms with Crippen molar-refractivity contribution in [3.63, 3.8) is 0 Å². The van der Waals surface area contributed by atoms with Crippen LogP contribution in [-0.4, -0.2) is 56.3 Å². The van der Waals surface area contributed by atoms with Crippen molar-refractivity contribution in [1.29, 1.82) is 0 Å². The van der Waals surface area contributed by atoms with Crippen molar-refractivity contribution in [3.8, 4) is 5.75 Å². The lowest BCUT2D eigenvalue weighted by Crippen LogP contribution is -2.48. The van der Waals surface area contributed by atoms with E-state index < -0.39 is 12.0 Å². The molecule has 0 saturated heterocycles. The van der Waals surface area contributed by atoms with Gasteiger partial charge in [0.25, 0.3) is 5.91 Å². The van der Waals surface area contributed by atoms with Gasteiger partial charge in [0.05, 0.1) is 24.8 Å². The van der Waals surface area contributed by atoms with Crippen LogP contribution in [0.2, 0.25) is 0 Å². The van der Waals surface area contributed by atoms with Gasteiger partial charge in [-0.15, -0.1) is 0 Å². The number of carbonyl (C=O) groups is 3. The van der Waals surface area contributed by atoms with Crippen LogP contribution in [0.25, 0.3) is 0 Å². The molecule has 0 spiro atoms. The van der Waals surface area contributed by atoms with Gasteiger partial charge in [0.15, 0.2) is 0 Å². The van der Waals surface area contributed by atoms with E-state index >= 15 is 0 Å². The predicted octanol–water partition coefficient (Wildman–Crippen LogP) is 5.06. The number of hydrogen-bond donors (Lipinski definition) is 2. The monoisotopic (exact) mass is 523 g/mol. The summed E-state index contributed by atoms with van der Waals surface area (Å²) >= 11 is 0. The summed E-state index contributed by atoms with van der Waals surface area (Å²) in [6.07, 6.45) is 2.77. The highest BCUT2D eigenvalue weighted by atomic mass is 16.6. The predicted molar refractivity (Wildman–Crippen MR) is 145 cm³/mol. The lowest BCUT2D eigenvalue weighted by atomic mass is 9.94. The molecule has 0 radical (unpaired) electrons. The fraction of sp³-hybridized carbons (Fsp3) is 0.414. The van der Waals surface area contributed by atoms with E-state index in [0.717, 1.165) is 25.0 Å². The van der Waals surface area contributed by atoms with Crippen LogP contribution in [-0.2, 0) is 14.3 Å². The summed E-state index contributed by atoms with van der Waals surface area (Å²) in [5.41, 5.74) is 2.71. The van der Waals surface area contributed by atoms with E-state index in [1.807, 2.05) is 6.92 Å². The number of methoxy groups -OCH3 is 1. The van der Waals surface area contributed by atoms with Gasteiger partial charge in [-0.2, -0.15) is 0 Å². The van der Waals surface area contributed by atoms with Crippen LogP contribution >= 0.6 is 0 Å². The molecule has 1 aliphatic rings. The van der Waals surface area contributed by atoms with Gasteiger partial charge in [-0.05, 0) is 61.7 Å². The molecular weight excluding hydrogens is 486 g/mol. The van der Waals surface area contributed by atoms with Gasteiger partial charge in [-0.3, -0.25) is 9.69 Å². The third-order valence-corrected chi connectivity index (χ3v) is 6.17. The van der Waals surface area contributed by atoms with E-state index in [0.29, 0.717) is 41.2 Å². The highest BCUT2D eigenvalue weighted by Gasteiger charge is 2.36. The van der Waals surface area contributed by atoms with E-state index in [1.54, 1.807) is 60.4 Å². The first-order valence-corrected chi connectivity index (χ1v) is 13.0. The zero-order valence-corrected chi connectivity index (χ0v) is 22.5. The Morgan fingerprint density at radius 1 is 0.974 bits per heavy atom. The molecule has 9 heteroatoms. The summed E-state index contributed by atoms with van der Waals surface area (Å²) in [5, 5.41) is 5.80. The highest BCUT2D eigenvalue weighted by molar-refractivity contribution is 6.04. The fourth-order valence-electron chi connectivity index (χ4n) is 4.08. The smallest absolute Gasteiger partial charge is 0.338 e. The molecule has 2 aromatic carbocycles. The molecule has 0 unspecified atom stereocenters. The number of esters is 1. The topological polar surface area (TPSA) is 106 Å². The average molecular weight is 524 g/mol. The molecule has 38 heavy (non-hydrogen) atoms. The van der Waals surface area contributed by atoms with Crippen LogP contribution in [0.1, 0.15) is 62.0 Å². The van der Waals surface area contributed by atoms with Gasteiger partial charge >= 0.3 is 12.0 Å². The quantitative estimate of drug-likeness (QED) is 0.281. The van der Waals surface area contributed by atoms with Crippen LogP contribution in [0, 0.1) is 0 Å². The molecule has 1 atom stereocenters. The normalized spacial score (nSPS) is 15.2. The largest absolute Gasteiger partial charge is 0.494 e. The number of nitrogens with zero attached hydrogens (tertiary/aromatic N) is 1. The van der Waals surface area contributed by atoms with Gasteiger partial charge < -0.3 is 24.8 Å². The highest BCUT2D eigenvalue weighted by Crippen LogP contribution is 2.32. The van der Waals surface area contributed by atoms with Gasteiger partial charge in [-0.25, -0.2) is 9.59 Å². The van der Waals surface area contributed by atoms with E-state index in [2.05, 4.69) is 17.6 Å². The Morgan fingerprint density at radius 2 is 1.68 bits per heavy atom. The van der Waals surface area contributed by atoms with Crippen LogP contribution in [0.3, 0.4) is 0 Å². The van der Waals surface area contributed by atoms with Crippen LogP contribution in [0.15, 0.2) is 59.8 Å². The molecule has 2 aromatic rings. The number of unbranched alkanes of at least 4 members (excludes halogenated alkanes) is 1. The number of ether oxygens (including phenoxy) is 3. The molecule has 3 amide bonds. The van der Waals surface area contributed by atoms with Crippen LogP contribution in [0.5, 0.6) is 5.75 Å². The number of benzene rings is 2. The Bertz CT molecular complexity index is 1130. The molecule has 9 nitrogen and oxygen atoms in total. The molecule has 204 valence electrons. The van der Waals surface area contributed by atoms with Crippen molar-refractivity contribution in [3.05, 3.63) is 70.9 Å². The lowest BCUT2D eigenvalue weighted by molar-refractivity contribution is -0.140. The van der Waals surface area contributed by atoms with Crippen molar-refractivity contribution < 1.29 is 28.6 Å². The first kappa shape index (κ1) is 28.7. The van der Waals surface area contributed by atoms with E-state index in [-0.39, 0.29) is 25.2 Å². The fourth-order valence-corrected chi connectivity index (χ4v) is 4.08. The Kier molecular flexibility index (Phi) is 10.7. The number of urea groups is 1. The summed E-state index contributed by atoms with van der Waals surface area (Å²) in [7, 11) is 1.53. The van der Waals surface area contributed by atoms with Gasteiger partial charge in [0, 0.05) is 30.6 Å². The second-order valence-corrected chi connectivity index (χ2v) is 8.96. The van der Waals surface area contributed by atoms with E-state index in [1.165, 1.54) is 7.11 Å². The summed E-state index contributed by atoms with van der Waals surface area (Å²) in [6.45, 7) is 7.33. The van der Waals surface area contributed by atoms with E-state index in [9.17, 15) is 14.4 Å². The second-order valence-electron chi connectivity index (χ2n) is 8.96. The molecule has 1 heterocycles. The lowest BCUT2D eigenvalue weighted by Gasteiger charge is -2.35. The third kappa shape index (κ3) is 7.35. The minimum Gasteiger partial charge on any atom is -0.494 e. The molecule has 0 saturated carbocycles. The second kappa shape index (κ2) is 14.2. The zero-order valence-electron chi connectivity index (χ0n) is 22.5. The first-order valence-electron chi connectivity index (χ1n) is 13.0. The van der Waals surface area contributed by atoms with Gasteiger partial charge in [0.2, 0.25) is 0 Å². The van der Waals surface area contributed by atoms with Crippen molar-refractivity contribution in [2.75, 3.05) is 38.8 Å². The van der Waals surface area contributed by atoms with Crippen molar-refractivity contribution in [2.24, 2.45) is 0 Å². The Labute approximate surface area is 224 Å². The Balaban J connectivity index is 1.74. The van der Waals surface area contributed by atoms with E-state index in [4.69, 9.17) is 14.2 Å². The number of rotatable bonds is 13. The summed E-state index contributed by atoms with van der Waals surface area (Å²) in [4.78, 5) is 40.1.